The Labute approximate surface area is 155 Å². The second-order valence-corrected chi connectivity index (χ2v) is 6.46. The van der Waals surface area contributed by atoms with Gasteiger partial charge < -0.3 is 15.2 Å². The van der Waals surface area contributed by atoms with E-state index < -0.39 is 17.7 Å². The van der Waals surface area contributed by atoms with Gasteiger partial charge in [-0.3, -0.25) is 14.5 Å². The number of benzene rings is 1. The van der Waals surface area contributed by atoms with E-state index in [4.69, 9.17) is 0 Å². The van der Waals surface area contributed by atoms with Gasteiger partial charge in [0.1, 0.15) is 5.82 Å². The van der Waals surface area contributed by atoms with Crippen LogP contribution in [-0.2, 0) is 29.7 Å². The van der Waals surface area contributed by atoms with Crippen LogP contribution in [0, 0.1) is 11.6 Å². The van der Waals surface area contributed by atoms with Crippen LogP contribution in [0.5, 0.6) is 0 Å². The minimum Gasteiger partial charge on any atom is -0.353 e. The van der Waals surface area contributed by atoms with Crippen molar-refractivity contribution in [1.82, 2.24) is 25.1 Å². The highest BCUT2D eigenvalue weighted by Crippen LogP contribution is 2.16. The first kappa shape index (κ1) is 19.0. The summed E-state index contributed by atoms with van der Waals surface area (Å²) in [5.41, 5.74) is 0.544. The van der Waals surface area contributed by atoms with Crippen molar-refractivity contribution in [3.05, 3.63) is 53.6 Å². The van der Waals surface area contributed by atoms with Crippen molar-refractivity contribution >= 4 is 11.8 Å². The molecule has 3 rings (SSSR count). The van der Waals surface area contributed by atoms with E-state index in [1.165, 1.54) is 6.07 Å². The fraction of sp³-hybridized carbons (Fsp3) is 0.389. The number of carbonyl (C=O) groups is 2. The molecular formula is C18H21F2N5O2. The van der Waals surface area contributed by atoms with Crippen molar-refractivity contribution < 1.29 is 18.4 Å². The van der Waals surface area contributed by atoms with Gasteiger partial charge in [0.05, 0.1) is 19.0 Å². The number of nitrogens with zero attached hydrogens (tertiary/aromatic N) is 3. The fourth-order valence-corrected chi connectivity index (χ4v) is 3.04. The summed E-state index contributed by atoms with van der Waals surface area (Å²) in [5, 5.41) is 5.50. The SMILES string of the molecule is Cn1ccnc1CNC(=O)CC1C(=O)NCCN1Cc1ccc(F)c(F)c1. The largest absolute Gasteiger partial charge is 0.353 e. The Morgan fingerprint density at radius 3 is 2.89 bits per heavy atom. The molecular weight excluding hydrogens is 356 g/mol. The van der Waals surface area contributed by atoms with Gasteiger partial charge in [0.15, 0.2) is 11.6 Å². The van der Waals surface area contributed by atoms with Crippen molar-refractivity contribution in [2.75, 3.05) is 13.1 Å². The average molecular weight is 377 g/mol. The van der Waals surface area contributed by atoms with Crippen molar-refractivity contribution in [2.45, 2.75) is 25.6 Å². The summed E-state index contributed by atoms with van der Waals surface area (Å²) >= 11 is 0. The lowest BCUT2D eigenvalue weighted by Gasteiger charge is -2.34. The molecule has 9 heteroatoms. The van der Waals surface area contributed by atoms with Crippen molar-refractivity contribution in [2.24, 2.45) is 7.05 Å². The first-order chi connectivity index (χ1) is 12.9. The third kappa shape index (κ3) is 4.68. The molecule has 2 N–H and O–H groups in total. The molecule has 1 saturated heterocycles. The summed E-state index contributed by atoms with van der Waals surface area (Å²) in [6, 6.07) is 2.97. The Morgan fingerprint density at radius 2 is 2.19 bits per heavy atom. The van der Waals surface area contributed by atoms with Crippen LogP contribution in [-0.4, -0.2) is 45.4 Å². The zero-order valence-corrected chi connectivity index (χ0v) is 14.9. The molecule has 2 aromatic rings. The quantitative estimate of drug-likeness (QED) is 0.777. The molecule has 2 amide bonds. The molecule has 0 radical (unpaired) electrons. The van der Waals surface area contributed by atoms with E-state index in [2.05, 4.69) is 15.6 Å². The van der Waals surface area contributed by atoms with Gasteiger partial charge in [-0.1, -0.05) is 6.07 Å². The molecule has 1 aliphatic heterocycles. The molecule has 0 spiro atoms. The number of hydrogen-bond acceptors (Lipinski definition) is 4. The highest BCUT2D eigenvalue weighted by atomic mass is 19.2. The molecule has 0 aliphatic carbocycles. The number of rotatable bonds is 6. The molecule has 144 valence electrons. The second kappa shape index (κ2) is 8.26. The first-order valence-electron chi connectivity index (χ1n) is 8.62. The van der Waals surface area contributed by atoms with E-state index in [-0.39, 0.29) is 31.3 Å². The van der Waals surface area contributed by atoms with E-state index in [0.29, 0.717) is 24.5 Å². The number of hydrogen-bond donors (Lipinski definition) is 2. The van der Waals surface area contributed by atoms with Gasteiger partial charge in [-0.25, -0.2) is 13.8 Å². The molecule has 1 fully saturated rings. The molecule has 0 bridgehead atoms. The number of aryl methyl sites for hydroxylation is 1. The summed E-state index contributed by atoms with van der Waals surface area (Å²) in [7, 11) is 1.83. The van der Waals surface area contributed by atoms with Gasteiger partial charge in [0, 0.05) is 39.1 Å². The lowest BCUT2D eigenvalue weighted by Crippen LogP contribution is -2.56. The van der Waals surface area contributed by atoms with Crippen LogP contribution in [0.15, 0.2) is 30.6 Å². The number of carbonyl (C=O) groups excluding carboxylic acids is 2. The van der Waals surface area contributed by atoms with Crippen LogP contribution >= 0.6 is 0 Å². The van der Waals surface area contributed by atoms with Crippen molar-refractivity contribution in [3.63, 3.8) is 0 Å². The van der Waals surface area contributed by atoms with Gasteiger partial charge in [0.25, 0.3) is 0 Å². The van der Waals surface area contributed by atoms with E-state index in [1.807, 2.05) is 7.05 Å². The Morgan fingerprint density at radius 1 is 1.37 bits per heavy atom. The minimum absolute atomic E-state index is 0.0278. The molecule has 0 saturated carbocycles. The predicted molar refractivity (Wildman–Crippen MR) is 93.2 cm³/mol. The van der Waals surface area contributed by atoms with Crippen LogP contribution in [0.4, 0.5) is 8.78 Å². The topological polar surface area (TPSA) is 79.3 Å². The van der Waals surface area contributed by atoms with E-state index >= 15 is 0 Å². The van der Waals surface area contributed by atoms with Gasteiger partial charge in [-0.15, -0.1) is 0 Å². The van der Waals surface area contributed by atoms with Crippen LogP contribution in [0.3, 0.4) is 0 Å². The van der Waals surface area contributed by atoms with Gasteiger partial charge in [0.2, 0.25) is 11.8 Å². The Kier molecular flexibility index (Phi) is 5.80. The first-order valence-corrected chi connectivity index (χ1v) is 8.62. The monoisotopic (exact) mass is 377 g/mol. The van der Waals surface area contributed by atoms with Crippen molar-refractivity contribution in [3.8, 4) is 0 Å². The van der Waals surface area contributed by atoms with E-state index in [1.54, 1.807) is 21.9 Å². The zero-order valence-electron chi connectivity index (χ0n) is 14.9. The molecule has 1 aromatic heterocycles. The summed E-state index contributed by atoms with van der Waals surface area (Å²) in [6.45, 7) is 1.47. The lowest BCUT2D eigenvalue weighted by atomic mass is 10.1. The van der Waals surface area contributed by atoms with Crippen LogP contribution in [0.2, 0.25) is 0 Å². The van der Waals surface area contributed by atoms with Crippen LogP contribution in [0.25, 0.3) is 0 Å². The molecule has 27 heavy (non-hydrogen) atoms. The number of piperazine rings is 1. The third-order valence-electron chi connectivity index (χ3n) is 4.55. The zero-order chi connectivity index (χ0) is 19.4. The third-order valence-corrected chi connectivity index (χ3v) is 4.55. The number of nitrogens with one attached hydrogen (secondary N) is 2. The number of aromatic nitrogens is 2. The van der Waals surface area contributed by atoms with E-state index in [9.17, 15) is 18.4 Å². The molecule has 1 aromatic carbocycles. The Balaban J connectivity index is 1.63. The van der Waals surface area contributed by atoms with Crippen LogP contribution in [0.1, 0.15) is 17.8 Å². The second-order valence-electron chi connectivity index (χ2n) is 6.46. The summed E-state index contributed by atoms with van der Waals surface area (Å²) in [4.78, 5) is 30.5. The number of amides is 2. The minimum atomic E-state index is -0.932. The van der Waals surface area contributed by atoms with E-state index in [0.717, 1.165) is 12.1 Å². The summed E-state index contributed by atoms with van der Waals surface area (Å²) in [6.07, 6.45) is 3.39. The molecule has 1 aliphatic rings. The molecule has 1 atom stereocenters. The highest BCUT2D eigenvalue weighted by molar-refractivity contribution is 5.88. The van der Waals surface area contributed by atoms with Gasteiger partial charge >= 0.3 is 0 Å². The molecule has 7 nitrogen and oxygen atoms in total. The maximum absolute atomic E-state index is 13.4. The maximum atomic E-state index is 13.4. The summed E-state index contributed by atoms with van der Waals surface area (Å²) < 4.78 is 28.3. The number of halogens is 2. The number of imidazole rings is 1. The Bertz CT molecular complexity index is 839. The van der Waals surface area contributed by atoms with Gasteiger partial charge in [-0.2, -0.15) is 0 Å². The Hall–Kier alpha value is -2.81. The summed E-state index contributed by atoms with van der Waals surface area (Å²) in [5.74, 6) is -1.68. The van der Waals surface area contributed by atoms with Crippen molar-refractivity contribution in [1.29, 1.82) is 0 Å². The normalized spacial score (nSPS) is 17.6. The lowest BCUT2D eigenvalue weighted by molar-refractivity contribution is -0.134. The van der Waals surface area contributed by atoms with Crippen LogP contribution < -0.4 is 10.6 Å². The predicted octanol–water partition coefficient (Wildman–Crippen LogP) is 0.705. The average Bonchev–Trinajstić information content (AvgIpc) is 3.04. The standard InChI is InChI=1S/C18H21F2N5O2/c1-24-6-4-21-16(24)10-23-17(26)9-15-18(27)22-5-7-25(15)11-12-2-3-13(19)14(20)8-12/h2-4,6,8,15H,5,7,9-11H2,1H3,(H,22,27)(H,23,26). The highest BCUT2D eigenvalue weighted by Gasteiger charge is 2.31. The molecule has 1 unspecified atom stereocenters. The fourth-order valence-electron chi connectivity index (χ4n) is 3.04. The maximum Gasteiger partial charge on any atom is 0.237 e. The smallest absolute Gasteiger partial charge is 0.237 e. The van der Waals surface area contributed by atoms with Gasteiger partial charge in [-0.05, 0) is 17.7 Å². The molecule has 2 heterocycles.